The fourth-order valence-electron chi connectivity index (χ4n) is 2.53. The van der Waals surface area contributed by atoms with Crippen molar-refractivity contribution in [1.82, 2.24) is 15.2 Å². The smallest absolute Gasteiger partial charge is 0.248 e. The molecule has 0 unspecified atom stereocenters. The lowest BCUT2D eigenvalue weighted by Crippen LogP contribution is -1.88. The second kappa shape index (κ2) is 5.59. The van der Waals surface area contributed by atoms with Gasteiger partial charge in [-0.05, 0) is 43.3 Å². The number of aryl methyl sites for hydroxylation is 1. The highest BCUT2D eigenvalue weighted by molar-refractivity contribution is 9.10. The van der Waals surface area contributed by atoms with E-state index in [9.17, 15) is 0 Å². The number of benzene rings is 2. The first-order chi connectivity index (χ1) is 11.2. The third-order valence-electron chi connectivity index (χ3n) is 3.59. The van der Waals surface area contributed by atoms with E-state index >= 15 is 0 Å². The summed E-state index contributed by atoms with van der Waals surface area (Å²) in [5.41, 5.74) is 3.64. The zero-order valence-corrected chi connectivity index (χ0v) is 13.9. The Morgan fingerprint density at radius 3 is 2.48 bits per heavy atom. The number of pyridine rings is 1. The fraction of sp³-hybridized carbons (Fsp3) is 0.0556. The number of nitrogens with zero attached hydrogens (tertiary/aromatic N) is 3. The summed E-state index contributed by atoms with van der Waals surface area (Å²) in [6.45, 7) is 1.96. The fourth-order valence-corrected chi connectivity index (χ4v) is 2.79. The van der Waals surface area contributed by atoms with Gasteiger partial charge in [-0.1, -0.05) is 34.1 Å². The van der Waals surface area contributed by atoms with Crippen molar-refractivity contribution in [2.45, 2.75) is 6.92 Å². The highest BCUT2D eigenvalue weighted by Gasteiger charge is 2.14. The molecular weight excluding hydrogens is 354 g/mol. The van der Waals surface area contributed by atoms with E-state index in [-0.39, 0.29) is 0 Å². The Bertz CT molecular complexity index is 993. The molecule has 112 valence electrons. The molecule has 0 amide bonds. The van der Waals surface area contributed by atoms with Crippen LogP contribution in [0.2, 0.25) is 0 Å². The largest absolute Gasteiger partial charge is 0.416 e. The molecule has 4 nitrogen and oxygen atoms in total. The van der Waals surface area contributed by atoms with Crippen molar-refractivity contribution >= 4 is 26.8 Å². The van der Waals surface area contributed by atoms with Crippen LogP contribution < -0.4 is 0 Å². The maximum Gasteiger partial charge on any atom is 0.248 e. The van der Waals surface area contributed by atoms with Gasteiger partial charge in [-0.15, -0.1) is 10.2 Å². The average molecular weight is 366 g/mol. The van der Waals surface area contributed by atoms with Gasteiger partial charge in [-0.3, -0.25) is 4.98 Å². The SMILES string of the molecule is Cc1cc(-c2nnc(-c3ccc(Br)cc3)o2)c2ccccc2n1. The molecule has 0 aliphatic carbocycles. The molecule has 0 bridgehead atoms. The Kier molecular flexibility index (Phi) is 3.42. The van der Waals surface area contributed by atoms with Gasteiger partial charge in [0.25, 0.3) is 0 Å². The highest BCUT2D eigenvalue weighted by atomic mass is 79.9. The number of hydrogen-bond acceptors (Lipinski definition) is 4. The zero-order chi connectivity index (χ0) is 15.8. The zero-order valence-electron chi connectivity index (χ0n) is 12.3. The molecule has 0 radical (unpaired) electrons. The van der Waals surface area contributed by atoms with Crippen LogP contribution in [-0.4, -0.2) is 15.2 Å². The standard InChI is InChI=1S/C18H12BrN3O/c1-11-10-15(14-4-2-3-5-16(14)20-11)18-22-21-17(23-18)12-6-8-13(19)9-7-12/h2-10H,1H3. The minimum atomic E-state index is 0.504. The molecule has 0 saturated carbocycles. The van der Waals surface area contributed by atoms with E-state index in [0.29, 0.717) is 11.8 Å². The summed E-state index contributed by atoms with van der Waals surface area (Å²) in [5, 5.41) is 9.40. The molecular formula is C18H12BrN3O. The summed E-state index contributed by atoms with van der Waals surface area (Å²) in [4.78, 5) is 4.54. The second-order valence-corrected chi connectivity index (χ2v) is 6.16. The van der Waals surface area contributed by atoms with Crippen molar-refractivity contribution in [3.63, 3.8) is 0 Å². The first-order valence-electron chi connectivity index (χ1n) is 7.17. The van der Waals surface area contributed by atoms with Gasteiger partial charge in [0, 0.05) is 21.1 Å². The van der Waals surface area contributed by atoms with Crippen LogP contribution in [0.15, 0.2) is 63.5 Å². The highest BCUT2D eigenvalue weighted by Crippen LogP contribution is 2.30. The molecule has 2 aromatic carbocycles. The Morgan fingerprint density at radius 1 is 0.913 bits per heavy atom. The molecule has 5 heteroatoms. The Morgan fingerprint density at radius 2 is 1.65 bits per heavy atom. The molecule has 2 heterocycles. The molecule has 23 heavy (non-hydrogen) atoms. The van der Waals surface area contributed by atoms with E-state index in [1.54, 1.807) is 0 Å². The van der Waals surface area contributed by atoms with E-state index in [0.717, 1.165) is 32.2 Å². The summed E-state index contributed by atoms with van der Waals surface area (Å²) >= 11 is 3.42. The summed E-state index contributed by atoms with van der Waals surface area (Å²) in [6, 6.07) is 17.7. The van der Waals surface area contributed by atoms with Crippen LogP contribution in [0.1, 0.15) is 5.69 Å². The van der Waals surface area contributed by atoms with Crippen LogP contribution >= 0.6 is 15.9 Å². The predicted molar refractivity (Wildman–Crippen MR) is 92.9 cm³/mol. The molecule has 0 aliphatic heterocycles. The summed E-state index contributed by atoms with van der Waals surface area (Å²) in [6.07, 6.45) is 0. The number of fused-ring (bicyclic) bond motifs is 1. The summed E-state index contributed by atoms with van der Waals surface area (Å²) in [5.74, 6) is 1.01. The Hall–Kier alpha value is -2.53. The van der Waals surface area contributed by atoms with Crippen molar-refractivity contribution in [3.8, 4) is 22.9 Å². The minimum Gasteiger partial charge on any atom is -0.416 e. The average Bonchev–Trinajstić information content (AvgIpc) is 3.04. The van der Waals surface area contributed by atoms with Crippen molar-refractivity contribution in [2.75, 3.05) is 0 Å². The van der Waals surface area contributed by atoms with Crippen molar-refractivity contribution < 1.29 is 4.42 Å². The Balaban J connectivity index is 1.85. The first kappa shape index (κ1) is 14.1. The van der Waals surface area contributed by atoms with Crippen LogP contribution in [-0.2, 0) is 0 Å². The number of hydrogen-bond donors (Lipinski definition) is 0. The van der Waals surface area contributed by atoms with E-state index < -0.39 is 0 Å². The van der Waals surface area contributed by atoms with Crippen molar-refractivity contribution in [1.29, 1.82) is 0 Å². The maximum absolute atomic E-state index is 5.89. The molecule has 4 rings (SSSR count). The van der Waals surface area contributed by atoms with Crippen LogP contribution in [0.5, 0.6) is 0 Å². The van der Waals surface area contributed by atoms with E-state index in [2.05, 4.69) is 31.1 Å². The Labute approximate surface area is 141 Å². The molecule has 2 aromatic heterocycles. The summed E-state index contributed by atoms with van der Waals surface area (Å²) < 4.78 is 6.90. The van der Waals surface area contributed by atoms with E-state index in [4.69, 9.17) is 4.42 Å². The van der Waals surface area contributed by atoms with Gasteiger partial charge in [-0.25, -0.2) is 0 Å². The lowest BCUT2D eigenvalue weighted by Gasteiger charge is -2.03. The van der Waals surface area contributed by atoms with Gasteiger partial charge in [-0.2, -0.15) is 0 Å². The minimum absolute atomic E-state index is 0.504. The predicted octanol–water partition coefficient (Wildman–Crippen LogP) is 5.02. The quantitative estimate of drug-likeness (QED) is 0.500. The van der Waals surface area contributed by atoms with E-state index in [1.165, 1.54) is 0 Å². The third kappa shape index (κ3) is 2.64. The lowest BCUT2D eigenvalue weighted by atomic mass is 10.1. The number of para-hydroxylation sites is 1. The van der Waals surface area contributed by atoms with Gasteiger partial charge in [0.15, 0.2) is 0 Å². The number of halogens is 1. The van der Waals surface area contributed by atoms with E-state index in [1.807, 2.05) is 61.5 Å². The molecule has 0 fully saturated rings. The third-order valence-corrected chi connectivity index (χ3v) is 4.12. The van der Waals surface area contributed by atoms with Gasteiger partial charge < -0.3 is 4.42 Å². The molecule has 0 atom stereocenters. The van der Waals surface area contributed by atoms with Crippen molar-refractivity contribution in [2.24, 2.45) is 0 Å². The first-order valence-corrected chi connectivity index (χ1v) is 7.96. The monoisotopic (exact) mass is 365 g/mol. The summed E-state index contributed by atoms with van der Waals surface area (Å²) in [7, 11) is 0. The molecule has 0 saturated heterocycles. The molecule has 0 aliphatic rings. The van der Waals surface area contributed by atoms with Crippen LogP contribution in [0, 0.1) is 6.92 Å². The van der Waals surface area contributed by atoms with Gasteiger partial charge in [0.2, 0.25) is 11.8 Å². The normalized spacial score (nSPS) is 11.0. The lowest BCUT2D eigenvalue weighted by molar-refractivity contribution is 0.585. The van der Waals surface area contributed by atoms with Crippen molar-refractivity contribution in [3.05, 3.63) is 64.8 Å². The number of rotatable bonds is 2. The molecule has 4 aromatic rings. The maximum atomic E-state index is 5.89. The van der Waals surface area contributed by atoms with Crippen LogP contribution in [0.3, 0.4) is 0 Å². The van der Waals surface area contributed by atoms with Gasteiger partial charge >= 0.3 is 0 Å². The topological polar surface area (TPSA) is 51.8 Å². The van der Waals surface area contributed by atoms with Crippen LogP contribution in [0.25, 0.3) is 33.8 Å². The second-order valence-electron chi connectivity index (χ2n) is 5.25. The molecule has 0 spiro atoms. The van der Waals surface area contributed by atoms with Crippen LogP contribution in [0.4, 0.5) is 0 Å². The van der Waals surface area contributed by atoms with Gasteiger partial charge in [0.05, 0.1) is 11.1 Å². The van der Waals surface area contributed by atoms with Gasteiger partial charge in [0.1, 0.15) is 0 Å². The molecule has 0 N–H and O–H groups in total. The number of aromatic nitrogens is 3.